The van der Waals surface area contributed by atoms with Crippen LogP contribution < -0.4 is 10.3 Å². The lowest BCUT2D eigenvalue weighted by Gasteiger charge is -2.13. The van der Waals surface area contributed by atoms with Crippen molar-refractivity contribution in [3.63, 3.8) is 0 Å². The maximum absolute atomic E-state index is 12.4. The van der Waals surface area contributed by atoms with Gasteiger partial charge in [-0.2, -0.15) is 0 Å². The molecule has 0 saturated heterocycles. The minimum absolute atomic E-state index is 0.211. The van der Waals surface area contributed by atoms with Crippen LogP contribution >= 0.6 is 11.3 Å². The maximum Gasteiger partial charge on any atom is 0.338 e. The van der Waals surface area contributed by atoms with Gasteiger partial charge in [-0.15, -0.1) is 11.3 Å². The van der Waals surface area contributed by atoms with Gasteiger partial charge in [0.1, 0.15) is 10.6 Å². The van der Waals surface area contributed by atoms with Crippen molar-refractivity contribution in [3.8, 4) is 5.75 Å². The third kappa shape index (κ3) is 4.03. The zero-order valence-corrected chi connectivity index (χ0v) is 16.6. The minimum atomic E-state index is -0.673. The van der Waals surface area contributed by atoms with E-state index in [1.54, 1.807) is 31.2 Å². The average Bonchev–Trinajstić information content (AvgIpc) is 2.94. The van der Waals surface area contributed by atoms with Crippen LogP contribution in [0.5, 0.6) is 5.75 Å². The number of ether oxygens (including phenoxy) is 2. The molecule has 0 aliphatic rings. The summed E-state index contributed by atoms with van der Waals surface area (Å²) in [5.41, 5.74) is 1.14. The van der Waals surface area contributed by atoms with Gasteiger partial charge in [-0.25, -0.2) is 9.78 Å². The molecule has 1 N–H and O–H groups in total. The first-order chi connectivity index (χ1) is 12.9. The predicted octanol–water partition coefficient (Wildman–Crippen LogP) is 4.31. The van der Waals surface area contributed by atoms with Crippen molar-refractivity contribution in [2.75, 3.05) is 6.61 Å². The van der Waals surface area contributed by atoms with E-state index in [2.05, 4.69) is 9.97 Å². The van der Waals surface area contributed by atoms with E-state index in [1.807, 2.05) is 20.8 Å². The molecule has 3 aromatic rings. The van der Waals surface area contributed by atoms with E-state index in [4.69, 9.17) is 9.47 Å². The molecule has 0 bridgehead atoms. The molecule has 3 rings (SSSR count). The van der Waals surface area contributed by atoms with Gasteiger partial charge >= 0.3 is 5.97 Å². The molecule has 7 heteroatoms. The van der Waals surface area contributed by atoms with Crippen LogP contribution in [0.3, 0.4) is 0 Å². The molecule has 0 saturated carbocycles. The van der Waals surface area contributed by atoms with Crippen LogP contribution in [0.1, 0.15) is 53.0 Å². The summed E-state index contributed by atoms with van der Waals surface area (Å²) in [5, 5.41) is 0.599. The first-order valence-corrected chi connectivity index (χ1v) is 9.66. The van der Waals surface area contributed by atoms with E-state index in [1.165, 1.54) is 11.3 Å². The highest BCUT2D eigenvalue weighted by Gasteiger charge is 2.19. The summed E-state index contributed by atoms with van der Waals surface area (Å²) in [4.78, 5) is 33.7. The van der Waals surface area contributed by atoms with Gasteiger partial charge in [-0.05, 0) is 57.0 Å². The van der Waals surface area contributed by atoms with Crippen molar-refractivity contribution in [1.29, 1.82) is 0 Å². The Morgan fingerprint density at radius 1 is 1.26 bits per heavy atom. The standard InChI is InChI=1S/C20H22N2O4S/c1-5-10-25-15-8-6-14(7-9-15)20(24)26-12(3)17-21-18(23)16-11(2)13(4)27-19(16)22-17/h6-9,12H,5,10H2,1-4H3,(H,21,22,23)/t12-/m0/s1. The molecule has 27 heavy (non-hydrogen) atoms. The number of esters is 1. The van der Waals surface area contributed by atoms with Crippen LogP contribution in [-0.4, -0.2) is 22.5 Å². The number of aryl methyl sites for hydroxylation is 2. The number of aromatic amines is 1. The molecule has 0 spiro atoms. The van der Waals surface area contributed by atoms with Gasteiger partial charge in [0.15, 0.2) is 11.9 Å². The molecule has 1 aromatic carbocycles. The lowest BCUT2D eigenvalue weighted by atomic mass is 10.2. The Kier molecular flexibility index (Phi) is 5.60. The summed E-state index contributed by atoms with van der Waals surface area (Å²) < 4.78 is 11.0. The molecule has 142 valence electrons. The van der Waals surface area contributed by atoms with E-state index in [0.29, 0.717) is 34.0 Å². The number of fused-ring (bicyclic) bond motifs is 1. The zero-order chi connectivity index (χ0) is 19.6. The first-order valence-electron chi connectivity index (χ1n) is 8.84. The minimum Gasteiger partial charge on any atom is -0.494 e. The van der Waals surface area contributed by atoms with E-state index in [0.717, 1.165) is 16.9 Å². The van der Waals surface area contributed by atoms with Gasteiger partial charge < -0.3 is 14.5 Å². The van der Waals surface area contributed by atoms with E-state index < -0.39 is 12.1 Å². The molecular formula is C20H22N2O4S. The summed E-state index contributed by atoms with van der Waals surface area (Å²) in [6, 6.07) is 6.79. The smallest absolute Gasteiger partial charge is 0.338 e. The summed E-state index contributed by atoms with van der Waals surface area (Å²) in [6.07, 6.45) is 0.244. The van der Waals surface area contributed by atoms with Gasteiger partial charge in [0.25, 0.3) is 5.56 Å². The zero-order valence-electron chi connectivity index (χ0n) is 15.8. The summed E-state index contributed by atoms with van der Waals surface area (Å²) in [5.74, 6) is 0.567. The number of benzene rings is 1. The second-order valence-corrected chi connectivity index (χ2v) is 7.54. The number of carbonyl (C=O) groups excluding carboxylic acids is 1. The monoisotopic (exact) mass is 386 g/mol. The molecular weight excluding hydrogens is 364 g/mol. The number of rotatable bonds is 6. The fourth-order valence-electron chi connectivity index (χ4n) is 2.66. The summed E-state index contributed by atoms with van der Waals surface area (Å²) >= 11 is 1.46. The predicted molar refractivity (Wildman–Crippen MR) is 106 cm³/mol. The maximum atomic E-state index is 12.4. The highest BCUT2D eigenvalue weighted by molar-refractivity contribution is 7.18. The molecule has 0 aliphatic heterocycles. The molecule has 1 atom stereocenters. The fraction of sp³-hybridized carbons (Fsp3) is 0.350. The van der Waals surface area contributed by atoms with Gasteiger partial charge in [-0.3, -0.25) is 4.79 Å². The van der Waals surface area contributed by atoms with E-state index in [-0.39, 0.29) is 5.56 Å². The molecule has 0 fully saturated rings. The van der Waals surface area contributed by atoms with Crippen molar-refractivity contribution in [3.05, 3.63) is 56.4 Å². The first kappa shape index (κ1) is 19.1. The van der Waals surface area contributed by atoms with Crippen molar-refractivity contribution in [2.24, 2.45) is 0 Å². The number of nitrogens with zero attached hydrogens (tertiary/aromatic N) is 1. The van der Waals surface area contributed by atoms with Gasteiger partial charge in [0.2, 0.25) is 0 Å². The number of thiophene rings is 1. The van der Waals surface area contributed by atoms with Gasteiger partial charge in [0.05, 0.1) is 17.6 Å². The highest BCUT2D eigenvalue weighted by atomic mass is 32.1. The van der Waals surface area contributed by atoms with Crippen molar-refractivity contribution >= 4 is 27.5 Å². The largest absolute Gasteiger partial charge is 0.494 e. The normalized spacial score (nSPS) is 12.1. The van der Waals surface area contributed by atoms with Crippen LogP contribution in [0, 0.1) is 13.8 Å². The Morgan fingerprint density at radius 3 is 2.63 bits per heavy atom. The Labute approximate surface area is 161 Å². The Bertz CT molecular complexity index is 1020. The number of nitrogens with one attached hydrogen (secondary N) is 1. The highest BCUT2D eigenvalue weighted by Crippen LogP contribution is 2.27. The Morgan fingerprint density at radius 2 is 1.96 bits per heavy atom. The molecule has 6 nitrogen and oxygen atoms in total. The van der Waals surface area contributed by atoms with Crippen molar-refractivity contribution in [1.82, 2.24) is 9.97 Å². The Balaban J connectivity index is 1.76. The SMILES string of the molecule is CCCOc1ccc(C(=O)O[C@@H](C)c2nc3sc(C)c(C)c3c(=O)[nH]2)cc1. The van der Waals surface area contributed by atoms with E-state index in [9.17, 15) is 9.59 Å². The van der Waals surface area contributed by atoms with E-state index >= 15 is 0 Å². The van der Waals surface area contributed by atoms with Gasteiger partial charge in [0, 0.05) is 4.88 Å². The number of H-pyrrole nitrogens is 1. The fourth-order valence-corrected chi connectivity index (χ4v) is 3.69. The molecule has 0 unspecified atom stereocenters. The molecule has 0 aliphatic carbocycles. The summed E-state index contributed by atoms with van der Waals surface area (Å²) in [7, 11) is 0. The second kappa shape index (κ2) is 7.92. The number of aromatic nitrogens is 2. The number of hydrogen-bond donors (Lipinski definition) is 1. The van der Waals surface area contributed by atoms with Crippen LogP contribution in [0.25, 0.3) is 10.2 Å². The molecule has 0 radical (unpaired) electrons. The van der Waals surface area contributed by atoms with Crippen LogP contribution in [0.4, 0.5) is 0 Å². The molecule has 2 heterocycles. The number of hydrogen-bond acceptors (Lipinski definition) is 6. The molecule has 2 aromatic heterocycles. The van der Waals surface area contributed by atoms with Gasteiger partial charge in [-0.1, -0.05) is 6.92 Å². The van der Waals surface area contributed by atoms with Crippen LogP contribution in [0.2, 0.25) is 0 Å². The Hall–Kier alpha value is -2.67. The third-order valence-corrected chi connectivity index (χ3v) is 5.39. The van der Waals surface area contributed by atoms with Crippen molar-refractivity contribution < 1.29 is 14.3 Å². The molecule has 0 amide bonds. The third-order valence-electron chi connectivity index (χ3n) is 4.29. The lowest BCUT2D eigenvalue weighted by molar-refractivity contribution is 0.0320. The average molecular weight is 386 g/mol. The second-order valence-electron chi connectivity index (χ2n) is 6.33. The van der Waals surface area contributed by atoms with Crippen LogP contribution in [0.15, 0.2) is 29.1 Å². The quantitative estimate of drug-likeness (QED) is 0.639. The van der Waals surface area contributed by atoms with Crippen LogP contribution in [-0.2, 0) is 4.74 Å². The lowest BCUT2D eigenvalue weighted by Crippen LogP contribution is -2.17. The topological polar surface area (TPSA) is 81.3 Å². The van der Waals surface area contributed by atoms with Crippen molar-refractivity contribution in [2.45, 2.75) is 40.2 Å². The number of carbonyl (C=O) groups is 1. The summed E-state index contributed by atoms with van der Waals surface area (Å²) in [6.45, 7) is 8.21.